The third-order valence-electron chi connectivity index (χ3n) is 2.56. The monoisotopic (exact) mass is 267 g/mol. The predicted molar refractivity (Wildman–Crippen MR) is 71.9 cm³/mol. The minimum Gasteiger partial charge on any atom is -0.478 e. The van der Waals surface area contributed by atoms with Gasteiger partial charge in [0.05, 0.1) is 17.9 Å². The van der Waals surface area contributed by atoms with Crippen LogP contribution in [0.15, 0.2) is 12.1 Å². The summed E-state index contributed by atoms with van der Waals surface area (Å²) in [7, 11) is 1.63. The van der Waals surface area contributed by atoms with E-state index in [0.29, 0.717) is 24.8 Å². The van der Waals surface area contributed by atoms with Crippen LogP contribution in [0, 0.1) is 0 Å². The first kappa shape index (κ1) is 15.4. The summed E-state index contributed by atoms with van der Waals surface area (Å²) in [6.45, 7) is 7.00. The Hall–Kier alpha value is -1.62. The van der Waals surface area contributed by atoms with Gasteiger partial charge in [-0.15, -0.1) is 0 Å². The first-order valence-electron chi connectivity index (χ1n) is 6.22. The van der Waals surface area contributed by atoms with Crippen molar-refractivity contribution in [2.45, 2.75) is 32.6 Å². The van der Waals surface area contributed by atoms with E-state index in [-0.39, 0.29) is 11.0 Å². The maximum absolute atomic E-state index is 11.1. The lowest BCUT2D eigenvalue weighted by molar-refractivity contribution is 0.0695. The lowest BCUT2D eigenvalue weighted by Gasteiger charge is -2.19. The summed E-state index contributed by atoms with van der Waals surface area (Å²) in [5.41, 5.74) is 0.673. The van der Waals surface area contributed by atoms with Crippen LogP contribution in [0.3, 0.4) is 0 Å². The highest BCUT2D eigenvalue weighted by Gasteiger charge is 2.19. The predicted octanol–water partition coefficient (Wildman–Crippen LogP) is 2.49. The molecule has 19 heavy (non-hydrogen) atoms. The second kappa shape index (κ2) is 6.52. The molecule has 0 atom stereocenters. The molecule has 1 aromatic heterocycles. The molecule has 0 amide bonds. The van der Waals surface area contributed by atoms with Crippen LogP contribution in [-0.2, 0) is 10.2 Å². The van der Waals surface area contributed by atoms with Gasteiger partial charge >= 0.3 is 5.97 Å². The topological polar surface area (TPSA) is 68.7 Å². The van der Waals surface area contributed by atoms with Crippen molar-refractivity contribution in [3.63, 3.8) is 0 Å². The number of aromatic nitrogens is 1. The average Bonchev–Trinajstić information content (AvgIpc) is 2.33. The number of pyridine rings is 1. The zero-order valence-electron chi connectivity index (χ0n) is 11.9. The fourth-order valence-electron chi connectivity index (χ4n) is 1.47. The van der Waals surface area contributed by atoms with Crippen LogP contribution in [0.5, 0.6) is 5.88 Å². The van der Waals surface area contributed by atoms with Gasteiger partial charge in [-0.05, 0) is 6.07 Å². The van der Waals surface area contributed by atoms with E-state index in [9.17, 15) is 4.79 Å². The van der Waals surface area contributed by atoms with E-state index < -0.39 is 5.97 Å². The van der Waals surface area contributed by atoms with Crippen molar-refractivity contribution < 1.29 is 19.4 Å². The number of hydrogen-bond acceptors (Lipinski definition) is 4. The van der Waals surface area contributed by atoms with E-state index >= 15 is 0 Å². The molecule has 1 aromatic rings. The number of aromatic carboxylic acids is 1. The SMILES string of the molecule is COCCCOc1cc(C(=O)O)cc(C(C)(C)C)n1. The van der Waals surface area contributed by atoms with Gasteiger partial charge in [0.2, 0.25) is 5.88 Å². The van der Waals surface area contributed by atoms with Gasteiger partial charge < -0.3 is 14.6 Å². The maximum atomic E-state index is 11.1. The molecule has 0 saturated heterocycles. The summed E-state index contributed by atoms with van der Waals surface area (Å²) in [4.78, 5) is 15.5. The third-order valence-corrected chi connectivity index (χ3v) is 2.56. The van der Waals surface area contributed by atoms with Crippen LogP contribution in [0.4, 0.5) is 0 Å². The normalized spacial score (nSPS) is 11.4. The quantitative estimate of drug-likeness (QED) is 0.802. The van der Waals surface area contributed by atoms with Crippen molar-refractivity contribution in [2.75, 3.05) is 20.3 Å². The van der Waals surface area contributed by atoms with Gasteiger partial charge in [0, 0.05) is 31.6 Å². The van der Waals surface area contributed by atoms with E-state index in [2.05, 4.69) is 4.98 Å². The molecule has 0 aromatic carbocycles. The van der Waals surface area contributed by atoms with Gasteiger partial charge in [0.15, 0.2) is 0 Å². The molecule has 0 aliphatic heterocycles. The maximum Gasteiger partial charge on any atom is 0.335 e. The molecule has 1 rings (SSSR count). The molecule has 106 valence electrons. The van der Waals surface area contributed by atoms with Gasteiger partial charge in [0.25, 0.3) is 0 Å². The van der Waals surface area contributed by atoms with Crippen molar-refractivity contribution in [1.82, 2.24) is 4.98 Å². The highest BCUT2D eigenvalue weighted by atomic mass is 16.5. The second-order valence-electron chi connectivity index (χ2n) is 5.33. The zero-order chi connectivity index (χ0) is 14.5. The van der Waals surface area contributed by atoms with Gasteiger partial charge in [-0.25, -0.2) is 9.78 Å². The van der Waals surface area contributed by atoms with Crippen molar-refractivity contribution in [3.8, 4) is 5.88 Å². The number of carbonyl (C=O) groups is 1. The van der Waals surface area contributed by atoms with Crippen LogP contribution >= 0.6 is 0 Å². The summed E-state index contributed by atoms with van der Waals surface area (Å²) in [5.74, 6) is -0.629. The Bertz CT molecular complexity index is 438. The molecular weight excluding hydrogens is 246 g/mol. The van der Waals surface area contributed by atoms with Crippen LogP contribution in [0.25, 0.3) is 0 Å². The van der Waals surface area contributed by atoms with Crippen molar-refractivity contribution in [1.29, 1.82) is 0 Å². The van der Waals surface area contributed by atoms with Crippen LogP contribution in [0.2, 0.25) is 0 Å². The first-order chi connectivity index (χ1) is 8.84. The fourth-order valence-corrected chi connectivity index (χ4v) is 1.47. The standard InChI is InChI=1S/C14H21NO4/c1-14(2,3)11-8-10(13(16)17)9-12(15-11)19-7-5-6-18-4/h8-9H,5-7H2,1-4H3,(H,16,17). The molecule has 0 saturated carbocycles. The third kappa shape index (κ3) is 4.87. The number of nitrogens with zero attached hydrogens (tertiary/aromatic N) is 1. The zero-order valence-corrected chi connectivity index (χ0v) is 11.9. The van der Waals surface area contributed by atoms with Crippen LogP contribution < -0.4 is 4.74 Å². The van der Waals surface area contributed by atoms with Crippen molar-refractivity contribution in [3.05, 3.63) is 23.4 Å². The molecule has 1 heterocycles. The largest absolute Gasteiger partial charge is 0.478 e. The molecule has 0 aliphatic carbocycles. The highest BCUT2D eigenvalue weighted by Crippen LogP contribution is 2.24. The first-order valence-corrected chi connectivity index (χ1v) is 6.22. The second-order valence-corrected chi connectivity index (χ2v) is 5.33. The Balaban J connectivity index is 2.91. The Morgan fingerprint density at radius 3 is 2.53 bits per heavy atom. The molecule has 1 N–H and O–H groups in total. The Morgan fingerprint density at radius 1 is 1.32 bits per heavy atom. The molecule has 0 fully saturated rings. The molecule has 0 aliphatic rings. The van der Waals surface area contributed by atoms with Gasteiger partial charge in [-0.2, -0.15) is 0 Å². The van der Waals surface area contributed by atoms with Gasteiger partial charge in [-0.1, -0.05) is 20.8 Å². The summed E-state index contributed by atoms with van der Waals surface area (Å²) in [6.07, 6.45) is 0.736. The summed E-state index contributed by atoms with van der Waals surface area (Å²) < 4.78 is 10.4. The number of carboxylic acid groups (broad SMARTS) is 1. The molecule has 0 bridgehead atoms. The molecule has 0 unspecified atom stereocenters. The summed E-state index contributed by atoms with van der Waals surface area (Å²) in [6, 6.07) is 3.04. The lowest BCUT2D eigenvalue weighted by atomic mass is 9.91. The van der Waals surface area contributed by atoms with Crippen LogP contribution in [-0.4, -0.2) is 36.4 Å². The van der Waals surface area contributed by atoms with E-state index in [1.807, 2.05) is 20.8 Å². The summed E-state index contributed by atoms with van der Waals surface area (Å²) in [5, 5.41) is 9.11. The van der Waals surface area contributed by atoms with E-state index in [1.54, 1.807) is 13.2 Å². The highest BCUT2D eigenvalue weighted by molar-refractivity contribution is 5.88. The Kier molecular flexibility index (Phi) is 5.30. The number of ether oxygens (including phenoxy) is 2. The fraction of sp³-hybridized carbons (Fsp3) is 0.571. The number of carboxylic acids is 1. The minimum atomic E-state index is -0.977. The minimum absolute atomic E-state index is 0.196. The molecule has 5 nitrogen and oxygen atoms in total. The number of methoxy groups -OCH3 is 1. The Morgan fingerprint density at radius 2 is 2.00 bits per heavy atom. The smallest absolute Gasteiger partial charge is 0.335 e. The summed E-state index contributed by atoms with van der Waals surface area (Å²) >= 11 is 0. The Labute approximate surface area is 113 Å². The van der Waals surface area contributed by atoms with Gasteiger partial charge in [0.1, 0.15) is 0 Å². The van der Waals surface area contributed by atoms with E-state index in [0.717, 1.165) is 6.42 Å². The molecule has 5 heteroatoms. The molecular formula is C14H21NO4. The van der Waals surface area contributed by atoms with E-state index in [4.69, 9.17) is 14.6 Å². The van der Waals surface area contributed by atoms with Crippen molar-refractivity contribution >= 4 is 5.97 Å². The number of rotatable bonds is 6. The average molecular weight is 267 g/mol. The molecule has 0 radical (unpaired) electrons. The lowest BCUT2D eigenvalue weighted by Crippen LogP contribution is -2.16. The van der Waals surface area contributed by atoms with Gasteiger partial charge in [-0.3, -0.25) is 0 Å². The van der Waals surface area contributed by atoms with Crippen molar-refractivity contribution in [2.24, 2.45) is 0 Å². The van der Waals surface area contributed by atoms with Crippen LogP contribution in [0.1, 0.15) is 43.2 Å². The molecule has 0 spiro atoms. The van der Waals surface area contributed by atoms with E-state index in [1.165, 1.54) is 6.07 Å². The number of hydrogen-bond donors (Lipinski definition) is 1.